The molecular weight excluding hydrogens is 475 g/mol. The predicted molar refractivity (Wildman–Crippen MR) is 106 cm³/mol. The molecule has 0 aromatic carbocycles. The summed E-state index contributed by atoms with van der Waals surface area (Å²) in [6.07, 6.45) is 1.82. The van der Waals surface area contributed by atoms with Crippen LogP contribution in [0.4, 0.5) is 0 Å². The maximum Gasteiger partial charge on any atom is 0.302 e. The van der Waals surface area contributed by atoms with E-state index in [0.29, 0.717) is 17.9 Å². The van der Waals surface area contributed by atoms with Crippen LogP contribution in [0.1, 0.15) is 24.4 Å². The zero-order valence-electron chi connectivity index (χ0n) is 12.5. The lowest BCUT2D eigenvalue weighted by Gasteiger charge is -2.15. The van der Waals surface area contributed by atoms with Crippen LogP contribution in [-0.2, 0) is 17.1 Å². The number of allylic oxidation sites excluding steroid dienone is 2. The number of alkyl halides is 6. The van der Waals surface area contributed by atoms with Crippen molar-refractivity contribution in [2.45, 2.75) is 14.5 Å². The van der Waals surface area contributed by atoms with Gasteiger partial charge in [0.1, 0.15) is 0 Å². The fourth-order valence-corrected chi connectivity index (χ4v) is 3.85. The monoisotopic (exact) mass is 483 g/mol. The van der Waals surface area contributed by atoms with Gasteiger partial charge in [0.2, 0.25) is 7.59 Å². The fraction of sp³-hybridized carbons (Fsp3) is 0.385. The van der Waals surface area contributed by atoms with Crippen molar-refractivity contribution in [3.63, 3.8) is 0 Å². The van der Waals surface area contributed by atoms with E-state index in [4.69, 9.17) is 74.3 Å². The Morgan fingerprint density at radius 3 is 2.12 bits per heavy atom. The molecule has 1 aliphatic rings. The highest BCUT2D eigenvalue weighted by Gasteiger charge is 2.34. The summed E-state index contributed by atoms with van der Waals surface area (Å²) >= 11 is 35.1. The quantitative estimate of drug-likeness (QED) is 0.371. The highest BCUT2D eigenvalue weighted by Crippen LogP contribution is 2.42. The molecule has 1 aromatic rings. The molecule has 2 rings (SSSR count). The average molecular weight is 486 g/mol. The van der Waals surface area contributed by atoms with E-state index >= 15 is 0 Å². The Bertz CT molecular complexity index is 697. The van der Waals surface area contributed by atoms with E-state index in [1.165, 1.54) is 6.92 Å². The van der Waals surface area contributed by atoms with Gasteiger partial charge in [0, 0.05) is 18.2 Å². The van der Waals surface area contributed by atoms with Crippen molar-refractivity contribution >= 4 is 92.0 Å². The lowest BCUT2D eigenvalue weighted by atomic mass is 10.3. The number of carbonyl (C=O) groups is 1. The van der Waals surface area contributed by atoms with Gasteiger partial charge in [0.15, 0.2) is 17.5 Å². The summed E-state index contributed by atoms with van der Waals surface area (Å²) in [4.78, 5) is 23.0. The van der Waals surface area contributed by atoms with Gasteiger partial charge in [-0.05, 0) is 16.9 Å². The number of aromatic nitrogens is 3. The van der Waals surface area contributed by atoms with Crippen molar-refractivity contribution in [3.05, 3.63) is 34.4 Å². The number of thiol groups is 1. The van der Waals surface area contributed by atoms with Crippen molar-refractivity contribution in [2.75, 3.05) is 12.4 Å². The first-order valence-corrected chi connectivity index (χ1v) is 10.6. The molecule has 0 spiro atoms. The minimum absolute atomic E-state index is 0.144. The van der Waals surface area contributed by atoms with E-state index in [1.54, 1.807) is 0 Å². The van der Waals surface area contributed by atoms with Crippen LogP contribution in [0.5, 0.6) is 0 Å². The van der Waals surface area contributed by atoms with Crippen molar-refractivity contribution in [1.29, 1.82) is 0 Å². The first-order valence-electron chi connectivity index (χ1n) is 6.67. The lowest BCUT2D eigenvalue weighted by Crippen LogP contribution is -2.17. The summed E-state index contributed by atoms with van der Waals surface area (Å²) in [5.41, 5.74) is 0.683. The molecule has 1 aliphatic heterocycles. The van der Waals surface area contributed by atoms with Crippen LogP contribution in [0.3, 0.4) is 0 Å². The number of ether oxygens (including phenoxy) is 1. The number of esters is 1. The highest BCUT2D eigenvalue weighted by atomic mass is 35.6. The van der Waals surface area contributed by atoms with Crippen LogP contribution in [0.25, 0.3) is 5.57 Å². The molecule has 138 valence electrons. The molecule has 0 amide bonds. The van der Waals surface area contributed by atoms with Gasteiger partial charge in [-0.2, -0.15) is 0 Å². The van der Waals surface area contributed by atoms with Crippen LogP contribution in [-0.4, -0.2) is 33.3 Å². The Morgan fingerprint density at radius 2 is 1.64 bits per heavy atom. The van der Waals surface area contributed by atoms with Gasteiger partial charge in [-0.25, -0.2) is 25.8 Å². The Morgan fingerprint density at radius 1 is 1.08 bits per heavy atom. The molecule has 0 aliphatic carbocycles. The minimum Gasteiger partial charge on any atom is -0.465 e. The minimum atomic E-state index is -1.90. The van der Waals surface area contributed by atoms with Crippen LogP contribution < -0.4 is 0 Å². The summed E-state index contributed by atoms with van der Waals surface area (Å²) in [7, 11) is -0.632. The van der Waals surface area contributed by atoms with Gasteiger partial charge in [0.25, 0.3) is 0 Å². The summed E-state index contributed by atoms with van der Waals surface area (Å²) in [6, 6.07) is 0. The third kappa shape index (κ3) is 6.31. The molecule has 0 saturated carbocycles. The average Bonchev–Trinajstić information content (AvgIpc) is 2.93. The van der Waals surface area contributed by atoms with Gasteiger partial charge in [0.05, 0.1) is 6.61 Å². The van der Waals surface area contributed by atoms with Crippen LogP contribution in [0, 0.1) is 0 Å². The second-order valence-electron chi connectivity index (χ2n) is 4.78. The van der Waals surface area contributed by atoms with E-state index in [2.05, 4.69) is 15.0 Å². The summed E-state index contributed by atoms with van der Waals surface area (Å²) < 4.78 is 1.15. The molecule has 1 aromatic heterocycles. The first-order chi connectivity index (χ1) is 11.5. The van der Waals surface area contributed by atoms with Crippen LogP contribution in [0.15, 0.2) is 16.9 Å². The number of halogens is 6. The lowest BCUT2D eigenvalue weighted by molar-refractivity contribution is -0.140. The van der Waals surface area contributed by atoms with E-state index in [9.17, 15) is 4.79 Å². The highest BCUT2D eigenvalue weighted by molar-refractivity contribution is 8.22. The van der Waals surface area contributed by atoms with Crippen molar-refractivity contribution in [2.24, 2.45) is 0 Å². The van der Waals surface area contributed by atoms with Gasteiger partial charge in [-0.15, -0.1) is 0 Å². The van der Waals surface area contributed by atoms with E-state index < -0.39 is 18.5 Å². The molecule has 12 heteroatoms. The smallest absolute Gasteiger partial charge is 0.302 e. The molecule has 0 fully saturated rings. The summed E-state index contributed by atoms with van der Waals surface area (Å²) in [5, 5.41) is 3.92. The van der Waals surface area contributed by atoms with E-state index in [0.717, 1.165) is 0 Å². The molecular formula is C13H11Cl6N3O2S. The Balaban J connectivity index is 2.30. The standard InChI is InChI=1S/C13H11Cl6N3O2S/c1-7(23)24-3-5-25-4-2-8(6-25)9-20-10(12(14,15)16)22-11(21-9)13(17,18)19/h2,4,6,25H,3,5H2,1H3. The number of hydrogen-bond acceptors (Lipinski definition) is 5. The van der Waals surface area contributed by atoms with Crippen LogP contribution >= 0.6 is 80.5 Å². The molecule has 25 heavy (non-hydrogen) atoms. The third-order valence-electron chi connectivity index (χ3n) is 2.81. The molecule has 5 nitrogen and oxygen atoms in total. The maximum atomic E-state index is 10.8. The zero-order chi connectivity index (χ0) is 18.8. The molecule has 0 N–H and O–H groups in total. The zero-order valence-corrected chi connectivity index (χ0v) is 17.9. The largest absolute Gasteiger partial charge is 0.465 e. The van der Waals surface area contributed by atoms with Gasteiger partial charge >= 0.3 is 5.97 Å². The van der Waals surface area contributed by atoms with E-state index in [-0.39, 0.29) is 23.4 Å². The fourth-order valence-electron chi connectivity index (χ4n) is 1.77. The normalized spacial score (nSPS) is 19.0. The Kier molecular flexibility index (Phi) is 7.16. The number of carbonyl (C=O) groups excluding carboxylic acids is 1. The summed E-state index contributed by atoms with van der Waals surface area (Å²) in [6.45, 7) is 1.69. The molecule has 1 atom stereocenters. The van der Waals surface area contributed by atoms with Crippen LogP contribution in [0.2, 0.25) is 0 Å². The maximum absolute atomic E-state index is 10.8. The summed E-state index contributed by atoms with van der Waals surface area (Å²) in [5.74, 6) is 0.295. The molecule has 2 heterocycles. The second kappa shape index (κ2) is 8.38. The molecule has 1 unspecified atom stereocenters. The van der Waals surface area contributed by atoms with Gasteiger partial charge in [-0.3, -0.25) is 4.79 Å². The van der Waals surface area contributed by atoms with Crippen molar-refractivity contribution in [3.8, 4) is 0 Å². The van der Waals surface area contributed by atoms with Gasteiger partial charge in [-0.1, -0.05) is 69.6 Å². The number of nitrogens with zero attached hydrogens (tertiary/aromatic N) is 3. The third-order valence-corrected chi connectivity index (χ3v) is 5.66. The Labute approximate surface area is 177 Å². The molecule has 0 saturated heterocycles. The topological polar surface area (TPSA) is 65.0 Å². The molecule has 0 radical (unpaired) electrons. The Hall–Kier alpha value is 0.0500. The van der Waals surface area contributed by atoms with Crippen molar-refractivity contribution in [1.82, 2.24) is 15.0 Å². The number of hydrogen-bond donors (Lipinski definition) is 1. The van der Waals surface area contributed by atoms with Crippen molar-refractivity contribution < 1.29 is 9.53 Å². The molecule has 0 bridgehead atoms. The van der Waals surface area contributed by atoms with Gasteiger partial charge < -0.3 is 4.74 Å². The first kappa shape index (κ1) is 21.4. The number of rotatable bonds is 4. The SMILES string of the molecule is CC(=O)OCC[SH]1C=CC(c2nc(C(Cl)(Cl)Cl)nc(C(Cl)(Cl)Cl)n2)=C1. The predicted octanol–water partition coefficient (Wildman–Crippen LogP) is 4.96. The van der Waals surface area contributed by atoms with E-state index in [1.807, 2.05) is 16.9 Å². The second-order valence-corrected chi connectivity index (χ2v) is 11.4.